The Morgan fingerprint density at radius 1 is 1.18 bits per heavy atom. The number of methoxy groups -OCH3 is 1. The minimum absolute atomic E-state index is 0.161. The molecule has 0 radical (unpaired) electrons. The largest absolute Gasteiger partial charge is 0.465 e. The molecule has 3 aromatic rings. The molecule has 9 heteroatoms. The van der Waals surface area contributed by atoms with Crippen molar-refractivity contribution in [3.8, 4) is 11.4 Å². The number of benzene rings is 2. The third-order valence-corrected chi connectivity index (χ3v) is 5.39. The number of rotatable bonds is 6. The van der Waals surface area contributed by atoms with Gasteiger partial charge in [0.05, 0.1) is 18.4 Å². The number of nitrogens with one attached hydrogen (secondary N) is 1. The number of halogens is 1. The minimum Gasteiger partial charge on any atom is -0.465 e. The molecule has 7 nitrogen and oxygen atoms in total. The number of thioether (sulfide) groups is 1. The van der Waals surface area contributed by atoms with Gasteiger partial charge >= 0.3 is 5.97 Å². The van der Waals surface area contributed by atoms with Gasteiger partial charge < -0.3 is 14.6 Å². The van der Waals surface area contributed by atoms with Crippen LogP contribution in [-0.2, 0) is 16.6 Å². The van der Waals surface area contributed by atoms with Gasteiger partial charge in [0.15, 0.2) is 11.0 Å². The second kappa shape index (κ2) is 9.03. The molecule has 0 aliphatic carbocycles. The Morgan fingerprint density at radius 2 is 1.93 bits per heavy atom. The predicted molar refractivity (Wildman–Crippen MR) is 111 cm³/mol. The molecule has 0 saturated heterocycles. The van der Waals surface area contributed by atoms with Gasteiger partial charge in [-0.05, 0) is 30.3 Å². The van der Waals surface area contributed by atoms with Crippen molar-refractivity contribution >= 4 is 45.3 Å². The van der Waals surface area contributed by atoms with Crippen LogP contribution in [0.2, 0.25) is 0 Å². The minimum atomic E-state index is -0.454. The van der Waals surface area contributed by atoms with E-state index < -0.39 is 5.97 Å². The number of hydrogen-bond acceptors (Lipinski definition) is 6. The van der Waals surface area contributed by atoms with Crippen molar-refractivity contribution in [3.63, 3.8) is 0 Å². The van der Waals surface area contributed by atoms with Crippen molar-refractivity contribution in [1.82, 2.24) is 14.8 Å². The Labute approximate surface area is 174 Å². The van der Waals surface area contributed by atoms with Crippen LogP contribution in [0, 0.1) is 0 Å². The lowest BCUT2D eigenvalue weighted by Gasteiger charge is -2.07. The molecule has 2 aromatic carbocycles. The molecular weight excluding hydrogens is 444 g/mol. The lowest BCUT2D eigenvalue weighted by atomic mass is 10.2. The summed E-state index contributed by atoms with van der Waals surface area (Å²) in [5, 5.41) is 11.8. The van der Waals surface area contributed by atoms with Crippen LogP contribution in [0.15, 0.2) is 58.2 Å². The Bertz CT molecular complexity index is 1000. The number of amides is 1. The second-order valence-corrected chi connectivity index (χ2v) is 7.64. The molecule has 1 N–H and O–H groups in total. The topological polar surface area (TPSA) is 86.1 Å². The van der Waals surface area contributed by atoms with Gasteiger partial charge in [0, 0.05) is 22.8 Å². The lowest BCUT2D eigenvalue weighted by molar-refractivity contribution is -0.113. The van der Waals surface area contributed by atoms with E-state index in [0.29, 0.717) is 16.4 Å². The zero-order chi connectivity index (χ0) is 20.1. The summed E-state index contributed by atoms with van der Waals surface area (Å²) in [5.74, 6) is 0.223. The molecule has 0 saturated carbocycles. The Balaban J connectivity index is 1.62. The number of esters is 1. The van der Waals surface area contributed by atoms with Crippen molar-refractivity contribution in [2.24, 2.45) is 7.05 Å². The summed E-state index contributed by atoms with van der Waals surface area (Å²) in [5.41, 5.74) is 1.84. The van der Waals surface area contributed by atoms with Crippen molar-refractivity contribution in [1.29, 1.82) is 0 Å². The lowest BCUT2D eigenvalue weighted by Crippen LogP contribution is -2.15. The van der Waals surface area contributed by atoms with Crippen LogP contribution in [0.25, 0.3) is 11.4 Å². The summed E-state index contributed by atoms with van der Waals surface area (Å²) in [6.07, 6.45) is 0. The van der Waals surface area contributed by atoms with E-state index >= 15 is 0 Å². The monoisotopic (exact) mass is 460 g/mol. The molecule has 28 heavy (non-hydrogen) atoms. The number of carbonyl (C=O) groups is 2. The zero-order valence-electron chi connectivity index (χ0n) is 15.2. The first-order chi connectivity index (χ1) is 13.5. The van der Waals surface area contributed by atoms with E-state index in [-0.39, 0.29) is 11.7 Å². The van der Waals surface area contributed by atoms with Crippen molar-refractivity contribution in [2.45, 2.75) is 5.16 Å². The number of carbonyl (C=O) groups excluding carboxylic acids is 2. The third-order valence-electron chi connectivity index (χ3n) is 3.84. The van der Waals surface area contributed by atoms with E-state index in [1.54, 1.807) is 24.3 Å². The first kappa shape index (κ1) is 20.1. The molecule has 1 amide bonds. The quantitative estimate of drug-likeness (QED) is 0.445. The highest BCUT2D eigenvalue weighted by atomic mass is 79.9. The summed E-state index contributed by atoms with van der Waals surface area (Å²) < 4.78 is 7.52. The highest BCUT2D eigenvalue weighted by Gasteiger charge is 2.13. The van der Waals surface area contributed by atoms with Crippen LogP contribution in [0.5, 0.6) is 0 Å². The van der Waals surface area contributed by atoms with E-state index in [4.69, 9.17) is 0 Å². The standard InChI is InChI=1S/C19H17BrN4O3S/c1-24-17(12-6-8-14(20)9-7-12)22-23-19(24)28-11-16(25)21-15-5-3-4-13(10-15)18(26)27-2/h3-10H,11H2,1-2H3,(H,21,25). The predicted octanol–water partition coefficient (Wildman–Crippen LogP) is 3.76. The maximum Gasteiger partial charge on any atom is 0.337 e. The third kappa shape index (κ3) is 4.79. The van der Waals surface area contributed by atoms with E-state index in [1.807, 2.05) is 35.9 Å². The number of ether oxygens (including phenoxy) is 1. The van der Waals surface area contributed by atoms with Crippen LogP contribution in [-0.4, -0.2) is 39.5 Å². The van der Waals surface area contributed by atoms with Crippen molar-refractivity contribution in [2.75, 3.05) is 18.2 Å². The maximum atomic E-state index is 12.3. The van der Waals surface area contributed by atoms with Gasteiger partial charge in [-0.2, -0.15) is 0 Å². The Hall–Kier alpha value is -2.65. The van der Waals surface area contributed by atoms with Gasteiger partial charge in [-0.1, -0.05) is 45.9 Å². The van der Waals surface area contributed by atoms with E-state index in [2.05, 4.69) is 36.2 Å². The molecular formula is C19H17BrN4O3S. The van der Waals surface area contributed by atoms with Gasteiger partial charge in [-0.25, -0.2) is 4.79 Å². The second-order valence-electron chi connectivity index (χ2n) is 5.78. The molecule has 0 spiro atoms. The van der Waals surface area contributed by atoms with Gasteiger partial charge in [-0.15, -0.1) is 10.2 Å². The normalized spacial score (nSPS) is 10.5. The summed E-state index contributed by atoms with van der Waals surface area (Å²) in [6, 6.07) is 14.4. The molecule has 0 atom stereocenters. The number of anilines is 1. The number of nitrogens with zero attached hydrogens (tertiary/aromatic N) is 3. The fourth-order valence-corrected chi connectivity index (χ4v) is 3.44. The zero-order valence-corrected chi connectivity index (χ0v) is 17.6. The van der Waals surface area contributed by atoms with Crippen LogP contribution in [0.4, 0.5) is 5.69 Å². The molecule has 0 unspecified atom stereocenters. The highest BCUT2D eigenvalue weighted by Crippen LogP contribution is 2.24. The molecule has 0 aliphatic rings. The number of hydrogen-bond donors (Lipinski definition) is 1. The van der Waals surface area contributed by atoms with Gasteiger partial charge in [0.1, 0.15) is 0 Å². The van der Waals surface area contributed by atoms with Crippen molar-refractivity contribution < 1.29 is 14.3 Å². The fourth-order valence-electron chi connectivity index (χ4n) is 2.46. The maximum absolute atomic E-state index is 12.3. The fraction of sp³-hybridized carbons (Fsp3) is 0.158. The molecule has 3 rings (SSSR count). The summed E-state index contributed by atoms with van der Waals surface area (Å²) in [6.45, 7) is 0. The molecule has 0 bridgehead atoms. The summed E-state index contributed by atoms with van der Waals surface area (Å²) >= 11 is 4.69. The van der Waals surface area contributed by atoms with E-state index in [0.717, 1.165) is 15.9 Å². The highest BCUT2D eigenvalue weighted by molar-refractivity contribution is 9.10. The first-order valence-electron chi connectivity index (χ1n) is 8.24. The van der Waals surface area contributed by atoms with E-state index in [9.17, 15) is 9.59 Å². The Kier molecular flexibility index (Phi) is 6.48. The first-order valence-corrected chi connectivity index (χ1v) is 10.0. The van der Waals surface area contributed by atoms with E-state index in [1.165, 1.54) is 18.9 Å². The molecule has 0 fully saturated rings. The molecule has 144 valence electrons. The van der Waals surface area contributed by atoms with Crippen LogP contribution in [0.1, 0.15) is 10.4 Å². The van der Waals surface area contributed by atoms with Gasteiger partial charge in [0.25, 0.3) is 0 Å². The average Bonchev–Trinajstić information content (AvgIpc) is 3.07. The smallest absolute Gasteiger partial charge is 0.337 e. The summed E-state index contributed by atoms with van der Waals surface area (Å²) in [4.78, 5) is 23.8. The average molecular weight is 461 g/mol. The van der Waals surface area contributed by atoms with Crippen LogP contribution >= 0.6 is 27.7 Å². The molecule has 1 heterocycles. The van der Waals surface area contributed by atoms with Crippen LogP contribution < -0.4 is 5.32 Å². The number of aromatic nitrogens is 3. The van der Waals surface area contributed by atoms with Crippen LogP contribution in [0.3, 0.4) is 0 Å². The summed E-state index contributed by atoms with van der Waals surface area (Å²) in [7, 11) is 3.17. The van der Waals surface area contributed by atoms with Gasteiger partial charge in [-0.3, -0.25) is 4.79 Å². The Morgan fingerprint density at radius 3 is 2.64 bits per heavy atom. The molecule has 1 aromatic heterocycles. The van der Waals surface area contributed by atoms with Crippen molar-refractivity contribution in [3.05, 3.63) is 58.6 Å². The van der Waals surface area contributed by atoms with Gasteiger partial charge in [0.2, 0.25) is 5.91 Å². The SMILES string of the molecule is COC(=O)c1cccc(NC(=O)CSc2nnc(-c3ccc(Br)cc3)n2C)c1. The molecule has 0 aliphatic heterocycles.